The molecule has 0 fully saturated rings. The van der Waals surface area contributed by atoms with Gasteiger partial charge in [-0.3, -0.25) is 10.0 Å². The molecule has 0 bridgehead atoms. The first kappa shape index (κ1) is 27.4. The van der Waals surface area contributed by atoms with Gasteiger partial charge in [-0.15, -0.1) is 22.7 Å². The van der Waals surface area contributed by atoms with Crippen molar-refractivity contribution in [3.63, 3.8) is 0 Å². The van der Waals surface area contributed by atoms with Crippen LogP contribution in [-0.4, -0.2) is 45.3 Å². The SMILES string of the molecule is C(=N\N(CCCCCN(/N=C/c1scc2c1OCCO2)c1ccccc1)c1ccccc1)/c1scc2c1OCCC2. The maximum atomic E-state index is 5.95. The summed E-state index contributed by atoms with van der Waals surface area (Å²) in [5, 5.41) is 18.1. The number of hydrogen-bond acceptors (Lipinski definition) is 9. The summed E-state index contributed by atoms with van der Waals surface area (Å²) in [6.45, 7) is 3.60. The molecule has 2 aromatic carbocycles. The lowest BCUT2D eigenvalue weighted by molar-refractivity contribution is 0.173. The van der Waals surface area contributed by atoms with Crippen molar-refractivity contribution in [2.75, 3.05) is 42.9 Å². The predicted molar refractivity (Wildman–Crippen MR) is 170 cm³/mol. The summed E-state index contributed by atoms with van der Waals surface area (Å²) in [6, 6.07) is 20.7. The van der Waals surface area contributed by atoms with Crippen LogP contribution in [-0.2, 0) is 6.42 Å². The van der Waals surface area contributed by atoms with Crippen LogP contribution in [0.3, 0.4) is 0 Å². The molecule has 2 aliphatic heterocycles. The van der Waals surface area contributed by atoms with Gasteiger partial charge in [-0.25, -0.2) is 0 Å². The Balaban J connectivity index is 1.07. The normalized spacial score (nSPS) is 14.2. The molecule has 2 aliphatic rings. The largest absolute Gasteiger partial charge is 0.492 e. The Kier molecular flexibility index (Phi) is 9.14. The minimum Gasteiger partial charge on any atom is -0.492 e. The molecule has 212 valence electrons. The van der Waals surface area contributed by atoms with E-state index in [0.717, 1.165) is 90.2 Å². The van der Waals surface area contributed by atoms with Gasteiger partial charge in [-0.05, 0) is 61.7 Å². The van der Waals surface area contributed by atoms with Crippen molar-refractivity contribution in [2.24, 2.45) is 10.2 Å². The lowest BCUT2D eigenvalue weighted by Crippen LogP contribution is -2.20. The number of fused-ring (bicyclic) bond motifs is 2. The predicted octanol–water partition coefficient (Wildman–Crippen LogP) is 7.46. The van der Waals surface area contributed by atoms with Crippen LogP contribution in [0.4, 0.5) is 11.4 Å². The van der Waals surface area contributed by atoms with Crippen molar-refractivity contribution < 1.29 is 14.2 Å². The van der Waals surface area contributed by atoms with Crippen molar-refractivity contribution in [3.8, 4) is 17.2 Å². The first-order valence-electron chi connectivity index (χ1n) is 14.2. The van der Waals surface area contributed by atoms with E-state index in [1.165, 1.54) is 5.56 Å². The summed E-state index contributed by atoms with van der Waals surface area (Å²) in [4.78, 5) is 2.08. The Bertz CT molecular complexity index is 1340. The summed E-state index contributed by atoms with van der Waals surface area (Å²) in [6.07, 6.45) is 9.11. The molecule has 6 rings (SSSR count). The van der Waals surface area contributed by atoms with Crippen LogP contribution < -0.4 is 24.2 Å². The van der Waals surface area contributed by atoms with Crippen LogP contribution in [0.25, 0.3) is 0 Å². The molecule has 0 spiro atoms. The Hall–Kier alpha value is -3.82. The number of rotatable bonds is 12. The van der Waals surface area contributed by atoms with Crippen molar-refractivity contribution in [1.82, 2.24) is 0 Å². The summed E-state index contributed by atoms with van der Waals surface area (Å²) in [7, 11) is 0. The molecular weight excluding hydrogens is 553 g/mol. The molecule has 0 saturated carbocycles. The van der Waals surface area contributed by atoms with E-state index in [0.29, 0.717) is 13.2 Å². The molecule has 2 aromatic heterocycles. The van der Waals surface area contributed by atoms with Gasteiger partial charge in [0, 0.05) is 24.0 Å². The van der Waals surface area contributed by atoms with Crippen LogP contribution in [0, 0.1) is 0 Å². The molecule has 0 saturated heterocycles. The average Bonchev–Trinajstić information content (AvgIpc) is 3.65. The van der Waals surface area contributed by atoms with E-state index in [1.807, 2.05) is 42.1 Å². The molecule has 0 atom stereocenters. The van der Waals surface area contributed by atoms with Gasteiger partial charge in [0.2, 0.25) is 0 Å². The van der Waals surface area contributed by atoms with E-state index in [-0.39, 0.29) is 0 Å². The number of anilines is 2. The van der Waals surface area contributed by atoms with Gasteiger partial charge in [-0.1, -0.05) is 36.4 Å². The van der Waals surface area contributed by atoms with Gasteiger partial charge in [0.25, 0.3) is 0 Å². The van der Waals surface area contributed by atoms with E-state index < -0.39 is 0 Å². The number of thiophene rings is 2. The van der Waals surface area contributed by atoms with E-state index in [1.54, 1.807) is 22.7 Å². The second kappa shape index (κ2) is 13.7. The van der Waals surface area contributed by atoms with Gasteiger partial charge in [0.05, 0.1) is 40.2 Å². The molecule has 0 radical (unpaired) electrons. The first-order chi connectivity index (χ1) is 20.3. The highest BCUT2D eigenvalue weighted by Crippen LogP contribution is 2.38. The van der Waals surface area contributed by atoms with Gasteiger partial charge in [-0.2, -0.15) is 10.2 Å². The molecule has 4 heterocycles. The molecule has 4 aromatic rings. The number of para-hydroxylation sites is 2. The van der Waals surface area contributed by atoms with E-state index in [4.69, 9.17) is 24.4 Å². The van der Waals surface area contributed by atoms with Crippen LogP contribution in [0.1, 0.15) is 41.0 Å². The van der Waals surface area contributed by atoms with E-state index in [2.05, 4.69) is 51.8 Å². The molecule has 0 amide bonds. The van der Waals surface area contributed by atoms with Crippen molar-refractivity contribution >= 4 is 46.5 Å². The highest BCUT2D eigenvalue weighted by atomic mass is 32.1. The number of nitrogens with zero attached hydrogens (tertiary/aromatic N) is 4. The van der Waals surface area contributed by atoms with Crippen molar-refractivity contribution in [3.05, 3.63) is 86.7 Å². The molecular formula is C32H34N4O3S2. The molecule has 0 unspecified atom stereocenters. The Labute approximate surface area is 249 Å². The zero-order chi connectivity index (χ0) is 27.7. The summed E-state index contributed by atoms with van der Waals surface area (Å²) in [5.74, 6) is 2.63. The standard InChI is InChI=1S/C32H34N4O3S2/c1-4-12-26(13-5-1)35(33-21-29-31-25(23-40-29)11-10-18-38-31)16-8-3-9-17-36(27-14-6-2-7-15-27)34-22-30-32-28(24-41-30)37-19-20-39-32/h1-2,4-7,12-15,21-24H,3,8-11,16-20H2/b33-21+,34-22+. The lowest BCUT2D eigenvalue weighted by Gasteiger charge is -2.21. The first-order valence-corrected chi connectivity index (χ1v) is 15.9. The number of aryl methyl sites for hydroxylation is 1. The number of hydrazone groups is 2. The van der Waals surface area contributed by atoms with Gasteiger partial charge in [0.15, 0.2) is 11.5 Å². The number of hydrogen-bond donors (Lipinski definition) is 0. The number of unbranched alkanes of at least 4 members (excludes halogenated alkanes) is 2. The van der Waals surface area contributed by atoms with E-state index in [9.17, 15) is 0 Å². The Morgan fingerprint density at radius 3 is 1.93 bits per heavy atom. The quantitative estimate of drug-likeness (QED) is 0.0980. The molecule has 7 nitrogen and oxygen atoms in total. The minimum atomic E-state index is 0.570. The third kappa shape index (κ3) is 6.92. The highest BCUT2D eigenvalue weighted by molar-refractivity contribution is 7.12. The fraction of sp³-hybridized carbons (Fsp3) is 0.312. The monoisotopic (exact) mass is 586 g/mol. The minimum absolute atomic E-state index is 0.570. The maximum Gasteiger partial charge on any atom is 0.180 e. The van der Waals surface area contributed by atoms with Gasteiger partial charge in [0.1, 0.15) is 19.0 Å². The second-order valence-corrected chi connectivity index (χ2v) is 11.7. The highest BCUT2D eigenvalue weighted by Gasteiger charge is 2.18. The fourth-order valence-corrected chi connectivity index (χ4v) is 6.57. The average molecular weight is 587 g/mol. The van der Waals surface area contributed by atoms with Crippen LogP contribution in [0.15, 0.2) is 81.6 Å². The summed E-state index contributed by atoms with van der Waals surface area (Å²) in [5.41, 5.74) is 3.47. The third-order valence-corrected chi connectivity index (χ3v) is 8.81. The Morgan fingerprint density at radius 2 is 1.24 bits per heavy atom. The fourth-order valence-electron chi connectivity index (χ4n) is 4.89. The second-order valence-electron chi connectivity index (χ2n) is 9.86. The third-order valence-electron chi connectivity index (χ3n) is 6.99. The van der Waals surface area contributed by atoms with Crippen molar-refractivity contribution in [1.29, 1.82) is 0 Å². The molecule has 41 heavy (non-hydrogen) atoms. The van der Waals surface area contributed by atoms with Gasteiger partial charge >= 0.3 is 0 Å². The number of ether oxygens (including phenoxy) is 3. The summed E-state index contributed by atoms with van der Waals surface area (Å²) >= 11 is 3.31. The van der Waals surface area contributed by atoms with Gasteiger partial charge < -0.3 is 14.2 Å². The zero-order valence-corrected chi connectivity index (χ0v) is 24.6. The van der Waals surface area contributed by atoms with E-state index >= 15 is 0 Å². The molecule has 0 aliphatic carbocycles. The topological polar surface area (TPSA) is 58.9 Å². The number of benzene rings is 2. The van der Waals surface area contributed by atoms with Crippen molar-refractivity contribution in [2.45, 2.75) is 32.1 Å². The molecule has 0 N–H and O–H groups in total. The zero-order valence-electron chi connectivity index (χ0n) is 23.0. The van der Waals surface area contributed by atoms with Crippen LogP contribution in [0.2, 0.25) is 0 Å². The lowest BCUT2D eigenvalue weighted by atomic mass is 10.1. The summed E-state index contributed by atoms with van der Waals surface area (Å²) < 4.78 is 17.5. The van der Waals surface area contributed by atoms with Crippen LogP contribution in [0.5, 0.6) is 17.2 Å². The maximum absolute atomic E-state index is 5.95. The van der Waals surface area contributed by atoms with Crippen LogP contribution >= 0.6 is 22.7 Å². The molecule has 9 heteroatoms. The smallest absolute Gasteiger partial charge is 0.180 e. The Morgan fingerprint density at radius 1 is 0.659 bits per heavy atom.